The van der Waals surface area contributed by atoms with Crippen LogP contribution in [-0.2, 0) is 11.3 Å². The summed E-state index contributed by atoms with van der Waals surface area (Å²) in [5.41, 5.74) is 7.67. The van der Waals surface area contributed by atoms with Crippen molar-refractivity contribution in [2.45, 2.75) is 26.8 Å². The molecule has 0 saturated heterocycles. The summed E-state index contributed by atoms with van der Waals surface area (Å²) in [5, 5.41) is 5.20. The number of hydrogen-bond donors (Lipinski definition) is 2. The van der Waals surface area contributed by atoms with Crippen molar-refractivity contribution < 1.29 is 9.59 Å². The predicted octanol–water partition coefficient (Wildman–Crippen LogP) is 4.06. The molecule has 3 rings (SSSR count). The second-order valence-electron chi connectivity index (χ2n) is 7.18. The second kappa shape index (κ2) is 9.39. The average molecular weight is 411 g/mol. The fourth-order valence-corrected chi connectivity index (χ4v) is 3.00. The van der Waals surface area contributed by atoms with Crippen LogP contribution in [0.5, 0.6) is 0 Å². The number of benzene rings is 2. The van der Waals surface area contributed by atoms with Gasteiger partial charge in [-0.25, -0.2) is 0 Å². The van der Waals surface area contributed by atoms with E-state index in [-0.39, 0.29) is 11.8 Å². The van der Waals surface area contributed by atoms with Gasteiger partial charge in [-0.1, -0.05) is 67.9 Å². The minimum atomic E-state index is -0.425. The number of amides is 2. The molecule has 29 heavy (non-hydrogen) atoms. The fourth-order valence-electron chi connectivity index (χ4n) is 2.88. The molecular weight excluding hydrogens is 388 g/mol. The summed E-state index contributed by atoms with van der Waals surface area (Å²) in [7, 11) is 0. The molecule has 0 bridgehead atoms. The summed E-state index contributed by atoms with van der Waals surface area (Å²) in [5.74, 6) is -0.463. The van der Waals surface area contributed by atoms with Crippen molar-refractivity contribution >= 4 is 23.4 Å². The maximum absolute atomic E-state index is 12.8. The monoisotopic (exact) mass is 410 g/mol. The van der Waals surface area contributed by atoms with Crippen LogP contribution in [0.25, 0.3) is 11.3 Å². The van der Waals surface area contributed by atoms with Gasteiger partial charge < -0.3 is 0 Å². The van der Waals surface area contributed by atoms with Gasteiger partial charge in [-0.3, -0.25) is 25.1 Å². The van der Waals surface area contributed by atoms with E-state index < -0.39 is 5.91 Å². The molecule has 6 nitrogen and oxygen atoms in total. The van der Waals surface area contributed by atoms with Gasteiger partial charge in [0, 0.05) is 23.2 Å². The van der Waals surface area contributed by atoms with Crippen LogP contribution >= 0.6 is 11.6 Å². The van der Waals surface area contributed by atoms with Crippen molar-refractivity contribution in [2.24, 2.45) is 5.92 Å². The third kappa shape index (κ3) is 5.68. The molecule has 0 atom stereocenters. The Morgan fingerprint density at radius 2 is 1.72 bits per heavy atom. The molecule has 1 heterocycles. The van der Waals surface area contributed by atoms with Crippen LogP contribution in [0, 0.1) is 5.92 Å². The van der Waals surface area contributed by atoms with Crippen molar-refractivity contribution in [3.05, 3.63) is 76.9 Å². The normalized spacial score (nSPS) is 10.8. The van der Waals surface area contributed by atoms with E-state index in [4.69, 9.17) is 11.6 Å². The van der Waals surface area contributed by atoms with Gasteiger partial charge in [0.2, 0.25) is 5.91 Å². The van der Waals surface area contributed by atoms with E-state index in [0.717, 1.165) is 11.1 Å². The van der Waals surface area contributed by atoms with E-state index in [1.54, 1.807) is 23.0 Å². The molecule has 0 spiro atoms. The van der Waals surface area contributed by atoms with Crippen molar-refractivity contribution in [3.63, 3.8) is 0 Å². The standard InChI is InChI=1S/C22H23ClN4O2/c1-15(2)12-20(28)24-25-22(29)19-14-27(13-16-6-4-3-5-7-16)26-21(19)17-8-10-18(23)11-9-17/h3-11,14-15H,12-13H2,1-2H3,(H,24,28)(H,25,29). The maximum atomic E-state index is 12.8. The van der Waals surface area contributed by atoms with Crippen LogP contribution in [0.3, 0.4) is 0 Å². The van der Waals surface area contributed by atoms with Crippen LogP contribution in [0.15, 0.2) is 60.8 Å². The molecule has 0 aliphatic rings. The van der Waals surface area contributed by atoms with Gasteiger partial charge in [-0.2, -0.15) is 5.10 Å². The van der Waals surface area contributed by atoms with Crippen LogP contribution in [-0.4, -0.2) is 21.6 Å². The molecule has 7 heteroatoms. The number of halogens is 1. The highest BCUT2D eigenvalue weighted by molar-refractivity contribution is 6.30. The lowest BCUT2D eigenvalue weighted by Crippen LogP contribution is -2.42. The molecule has 2 amide bonds. The summed E-state index contributed by atoms with van der Waals surface area (Å²) in [6.07, 6.45) is 2.01. The lowest BCUT2D eigenvalue weighted by Gasteiger charge is -2.08. The Labute approximate surface area is 174 Å². The Balaban J connectivity index is 1.85. The Kier molecular flexibility index (Phi) is 6.67. The second-order valence-corrected chi connectivity index (χ2v) is 7.62. The van der Waals surface area contributed by atoms with Gasteiger partial charge in [-0.15, -0.1) is 0 Å². The SMILES string of the molecule is CC(C)CC(=O)NNC(=O)c1cn(Cc2ccccc2)nc1-c1ccc(Cl)cc1. The van der Waals surface area contributed by atoms with Crippen LogP contribution in [0.1, 0.15) is 36.2 Å². The summed E-state index contributed by atoms with van der Waals surface area (Å²) < 4.78 is 1.71. The minimum absolute atomic E-state index is 0.199. The van der Waals surface area contributed by atoms with Gasteiger partial charge >= 0.3 is 0 Å². The van der Waals surface area contributed by atoms with E-state index in [1.807, 2.05) is 56.3 Å². The van der Waals surface area contributed by atoms with Gasteiger partial charge in [-0.05, 0) is 23.6 Å². The first-order valence-electron chi connectivity index (χ1n) is 9.39. The summed E-state index contributed by atoms with van der Waals surface area (Å²) in [4.78, 5) is 24.6. The van der Waals surface area contributed by atoms with Gasteiger partial charge in [0.25, 0.3) is 5.91 Å². The first kappa shape index (κ1) is 20.6. The average Bonchev–Trinajstić information content (AvgIpc) is 3.11. The third-order valence-corrected chi connectivity index (χ3v) is 4.47. The van der Waals surface area contributed by atoms with Crippen LogP contribution < -0.4 is 10.9 Å². The lowest BCUT2D eigenvalue weighted by molar-refractivity contribution is -0.122. The smallest absolute Gasteiger partial charge is 0.273 e. The number of aromatic nitrogens is 2. The van der Waals surface area contributed by atoms with Crippen LogP contribution in [0.2, 0.25) is 5.02 Å². The molecule has 0 fully saturated rings. The minimum Gasteiger partial charge on any atom is -0.273 e. The topological polar surface area (TPSA) is 76.0 Å². The number of carbonyl (C=O) groups excluding carboxylic acids is 2. The number of hydrogen-bond acceptors (Lipinski definition) is 3. The molecule has 0 aliphatic carbocycles. The van der Waals surface area contributed by atoms with Crippen molar-refractivity contribution in [1.82, 2.24) is 20.6 Å². The number of nitrogens with one attached hydrogen (secondary N) is 2. The zero-order valence-electron chi connectivity index (χ0n) is 16.4. The van der Waals surface area contributed by atoms with Crippen LogP contribution in [0.4, 0.5) is 0 Å². The molecule has 3 aromatic rings. The van der Waals surface area contributed by atoms with E-state index >= 15 is 0 Å². The maximum Gasteiger partial charge on any atom is 0.273 e. The van der Waals surface area contributed by atoms with Gasteiger partial charge in [0.1, 0.15) is 5.69 Å². The highest BCUT2D eigenvalue weighted by atomic mass is 35.5. The first-order chi connectivity index (χ1) is 13.9. The Bertz CT molecular complexity index is 982. The third-order valence-electron chi connectivity index (χ3n) is 4.22. The molecule has 0 saturated carbocycles. The Morgan fingerprint density at radius 1 is 1.03 bits per heavy atom. The number of rotatable bonds is 6. The number of carbonyl (C=O) groups is 2. The molecule has 0 aliphatic heterocycles. The molecule has 1 aromatic heterocycles. The number of nitrogens with zero attached hydrogens (tertiary/aromatic N) is 2. The summed E-state index contributed by atoms with van der Waals surface area (Å²) in [6, 6.07) is 17.0. The van der Waals surface area contributed by atoms with Crippen molar-refractivity contribution in [3.8, 4) is 11.3 Å². The van der Waals surface area contributed by atoms with E-state index in [2.05, 4.69) is 16.0 Å². The molecule has 2 aromatic carbocycles. The molecule has 0 radical (unpaired) electrons. The number of hydrazine groups is 1. The summed E-state index contributed by atoms with van der Waals surface area (Å²) in [6.45, 7) is 4.40. The van der Waals surface area contributed by atoms with Gasteiger partial charge in [0.15, 0.2) is 0 Å². The first-order valence-corrected chi connectivity index (χ1v) is 9.76. The van der Waals surface area contributed by atoms with Gasteiger partial charge in [0.05, 0.1) is 12.1 Å². The van der Waals surface area contributed by atoms with E-state index in [1.165, 1.54) is 0 Å². The summed E-state index contributed by atoms with van der Waals surface area (Å²) >= 11 is 5.99. The van der Waals surface area contributed by atoms with Crippen molar-refractivity contribution in [2.75, 3.05) is 0 Å². The molecule has 2 N–H and O–H groups in total. The van der Waals surface area contributed by atoms with E-state index in [9.17, 15) is 9.59 Å². The quantitative estimate of drug-likeness (QED) is 0.601. The Morgan fingerprint density at radius 3 is 2.38 bits per heavy atom. The van der Waals surface area contributed by atoms with Crippen molar-refractivity contribution in [1.29, 1.82) is 0 Å². The zero-order valence-corrected chi connectivity index (χ0v) is 17.1. The highest BCUT2D eigenvalue weighted by Crippen LogP contribution is 2.24. The van der Waals surface area contributed by atoms with E-state index in [0.29, 0.717) is 29.2 Å². The molecule has 150 valence electrons. The lowest BCUT2D eigenvalue weighted by atomic mass is 10.1. The molecular formula is C22H23ClN4O2. The predicted molar refractivity (Wildman–Crippen MR) is 113 cm³/mol. The molecule has 0 unspecified atom stereocenters. The largest absolute Gasteiger partial charge is 0.273 e. The Hall–Kier alpha value is -3.12. The zero-order chi connectivity index (χ0) is 20.8. The highest BCUT2D eigenvalue weighted by Gasteiger charge is 2.19. The fraction of sp³-hybridized carbons (Fsp3) is 0.227.